The van der Waals surface area contributed by atoms with Crippen molar-refractivity contribution in [1.82, 2.24) is 15.5 Å². The summed E-state index contributed by atoms with van der Waals surface area (Å²) in [4.78, 5) is 32.1. The maximum atomic E-state index is 13.7. The van der Waals surface area contributed by atoms with Crippen molar-refractivity contribution in [3.8, 4) is 11.1 Å². The Morgan fingerprint density at radius 3 is 2.65 bits per heavy atom. The standard InChI is InChI=1S/C27H27FN4O2/c1-19-16-21(10-11-23(19)20-6-4-7-22(28)17-20)27(34)32-14-5-12-29-18-31-25-9-3-2-8-24(25)26(33)30-13-15-32/h2-4,6-11,16-18H,5,12-15H2,1H3,(H,29,31)(H,30,33). The van der Waals surface area contributed by atoms with Gasteiger partial charge in [0.05, 0.1) is 17.6 Å². The largest absolute Gasteiger partial charge is 0.376 e. The molecule has 0 radical (unpaired) electrons. The molecule has 0 spiro atoms. The molecule has 0 bridgehead atoms. The first-order valence-electron chi connectivity index (χ1n) is 11.3. The zero-order valence-electron chi connectivity index (χ0n) is 19.1. The van der Waals surface area contributed by atoms with Crippen LogP contribution in [0.1, 0.15) is 32.7 Å². The number of amides is 2. The van der Waals surface area contributed by atoms with Crippen molar-refractivity contribution in [1.29, 1.82) is 0 Å². The number of nitrogens with one attached hydrogen (secondary N) is 2. The van der Waals surface area contributed by atoms with Gasteiger partial charge in [-0.25, -0.2) is 9.38 Å². The second-order valence-electron chi connectivity index (χ2n) is 8.17. The average Bonchev–Trinajstić information content (AvgIpc) is 2.85. The number of halogens is 1. The molecule has 7 heteroatoms. The van der Waals surface area contributed by atoms with E-state index in [0.717, 1.165) is 23.1 Å². The fraction of sp³-hybridized carbons (Fsp3) is 0.222. The van der Waals surface area contributed by atoms with Gasteiger partial charge in [0.1, 0.15) is 5.82 Å². The van der Waals surface area contributed by atoms with Gasteiger partial charge in [0.2, 0.25) is 0 Å². The molecule has 0 atom stereocenters. The van der Waals surface area contributed by atoms with Gasteiger partial charge in [-0.05, 0) is 66.4 Å². The van der Waals surface area contributed by atoms with Crippen LogP contribution in [-0.2, 0) is 0 Å². The molecule has 0 saturated carbocycles. The van der Waals surface area contributed by atoms with Gasteiger partial charge in [-0.15, -0.1) is 0 Å². The Kier molecular flexibility index (Phi) is 7.32. The monoisotopic (exact) mass is 458 g/mol. The minimum Gasteiger partial charge on any atom is -0.376 e. The van der Waals surface area contributed by atoms with Crippen LogP contribution in [0.15, 0.2) is 71.7 Å². The van der Waals surface area contributed by atoms with Gasteiger partial charge in [-0.3, -0.25) is 9.59 Å². The van der Waals surface area contributed by atoms with Gasteiger partial charge in [-0.1, -0.05) is 30.3 Å². The molecule has 174 valence electrons. The fourth-order valence-electron chi connectivity index (χ4n) is 4.00. The maximum absolute atomic E-state index is 13.7. The van der Waals surface area contributed by atoms with Crippen molar-refractivity contribution >= 4 is 23.8 Å². The number of rotatable bonds is 2. The molecule has 0 aliphatic carbocycles. The number of hydrogen-bond donors (Lipinski definition) is 2. The van der Waals surface area contributed by atoms with E-state index in [1.54, 1.807) is 41.6 Å². The van der Waals surface area contributed by atoms with E-state index in [1.807, 2.05) is 31.2 Å². The third-order valence-corrected chi connectivity index (χ3v) is 5.76. The van der Waals surface area contributed by atoms with Crippen molar-refractivity contribution in [2.45, 2.75) is 13.3 Å². The Bertz CT molecular complexity index is 1220. The van der Waals surface area contributed by atoms with Crippen molar-refractivity contribution in [2.24, 2.45) is 4.99 Å². The topological polar surface area (TPSA) is 73.8 Å². The van der Waals surface area contributed by atoms with Crippen molar-refractivity contribution < 1.29 is 14.0 Å². The minimum absolute atomic E-state index is 0.105. The van der Waals surface area contributed by atoms with Crippen LogP contribution in [-0.4, -0.2) is 49.2 Å². The number of fused-ring (bicyclic) bond motifs is 1. The molecular formula is C27H27FN4O2. The highest BCUT2D eigenvalue weighted by Gasteiger charge is 2.18. The number of aliphatic imine (C=N–C) groups is 1. The number of benzene rings is 3. The Balaban J connectivity index is 1.51. The van der Waals surface area contributed by atoms with Crippen LogP contribution in [0.3, 0.4) is 0 Å². The predicted molar refractivity (Wildman–Crippen MR) is 132 cm³/mol. The highest BCUT2D eigenvalue weighted by atomic mass is 19.1. The molecule has 0 unspecified atom stereocenters. The molecule has 3 aromatic rings. The van der Waals surface area contributed by atoms with Crippen molar-refractivity contribution in [2.75, 3.05) is 26.2 Å². The highest BCUT2D eigenvalue weighted by Crippen LogP contribution is 2.25. The van der Waals surface area contributed by atoms with Crippen LogP contribution in [0.2, 0.25) is 0 Å². The van der Waals surface area contributed by atoms with E-state index >= 15 is 0 Å². The summed E-state index contributed by atoms with van der Waals surface area (Å²) < 4.78 is 13.7. The number of aryl methyl sites for hydroxylation is 1. The van der Waals surface area contributed by atoms with E-state index in [1.165, 1.54) is 12.1 Å². The van der Waals surface area contributed by atoms with E-state index < -0.39 is 0 Å². The second-order valence-corrected chi connectivity index (χ2v) is 8.17. The molecule has 1 aliphatic rings. The summed E-state index contributed by atoms with van der Waals surface area (Å²) in [5.74, 6) is -0.628. The Hall–Kier alpha value is -4.00. The molecule has 34 heavy (non-hydrogen) atoms. The van der Waals surface area contributed by atoms with E-state index in [-0.39, 0.29) is 17.6 Å². The van der Waals surface area contributed by atoms with Crippen LogP contribution in [0.4, 0.5) is 10.1 Å². The van der Waals surface area contributed by atoms with Crippen LogP contribution in [0, 0.1) is 12.7 Å². The van der Waals surface area contributed by atoms with Gasteiger partial charge in [0, 0.05) is 31.7 Å². The summed E-state index contributed by atoms with van der Waals surface area (Å²) in [6.45, 7) is 3.81. The van der Waals surface area contributed by atoms with Gasteiger partial charge >= 0.3 is 0 Å². The predicted octanol–water partition coefficient (Wildman–Crippen LogP) is 4.33. The number of nitrogens with zero attached hydrogens (tertiary/aromatic N) is 2. The van der Waals surface area contributed by atoms with Gasteiger partial charge in [-0.2, -0.15) is 0 Å². The molecule has 0 saturated heterocycles. The van der Waals surface area contributed by atoms with Crippen molar-refractivity contribution in [3.63, 3.8) is 0 Å². The molecule has 1 aliphatic heterocycles. The zero-order chi connectivity index (χ0) is 23.9. The highest BCUT2D eigenvalue weighted by molar-refractivity contribution is 5.99. The third-order valence-electron chi connectivity index (χ3n) is 5.76. The summed E-state index contributed by atoms with van der Waals surface area (Å²) in [7, 11) is 0. The number of carbonyl (C=O) groups is 2. The molecule has 3 aromatic carbocycles. The third kappa shape index (κ3) is 5.49. The quantitative estimate of drug-likeness (QED) is 0.601. The summed E-state index contributed by atoms with van der Waals surface area (Å²) >= 11 is 0. The molecule has 4 rings (SSSR count). The number of carbonyl (C=O) groups excluding carboxylic acids is 2. The smallest absolute Gasteiger partial charge is 0.253 e. The lowest BCUT2D eigenvalue weighted by molar-refractivity contribution is 0.0747. The van der Waals surface area contributed by atoms with Crippen molar-refractivity contribution in [3.05, 3.63) is 89.2 Å². The lowest BCUT2D eigenvalue weighted by Crippen LogP contribution is -2.39. The van der Waals surface area contributed by atoms with E-state index in [2.05, 4.69) is 15.6 Å². The Labute approximate surface area is 198 Å². The fourth-order valence-corrected chi connectivity index (χ4v) is 4.00. The van der Waals surface area contributed by atoms with Gasteiger partial charge in [0.25, 0.3) is 11.8 Å². The first kappa shape index (κ1) is 23.2. The number of hydrogen-bond acceptors (Lipinski definition) is 4. The lowest BCUT2D eigenvalue weighted by Gasteiger charge is -2.23. The summed E-state index contributed by atoms with van der Waals surface area (Å²) in [6.07, 6.45) is 2.32. The van der Waals surface area contributed by atoms with Crippen LogP contribution >= 0.6 is 0 Å². The molecule has 6 nitrogen and oxygen atoms in total. The normalized spacial score (nSPS) is 15.6. The first-order chi connectivity index (χ1) is 16.5. The first-order valence-corrected chi connectivity index (χ1v) is 11.3. The molecule has 2 amide bonds. The molecule has 0 fully saturated rings. The Morgan fingerprint density at radius 2 is 1.82 bits per heavy atom. The molecule has 2 N–H and O–H groups in total. The minimum atomic E-state index is -0.296. The molecular weight excluding hydrogens is 431 g/mol. The van der Waals surface area contributed by atoms with Crippen LogP contribution in [0.25, 0.3) is 11.1 Å². The van der Waals surface area contributed by atoms with Crippen LogP contribution in [0.5, 0.6) is 0 Å². The lowest BCUT2D eigenvalue weighted by atomic mass is 9.98. The number of para-hydroxylation sites is 1. The van der Waals surface area contributed by atoms with E-state index in [9.17, 15) is 14.0 Å². The summed E-state index contributed by atoms with van der Waals surface area (Å²) in [5, 5.41) is 6.02. The Morgan fingerprint density at radius 1 is 0.971 bits per heavy atom. The van der Waals surface area contributed by atoms with Gasteiger partial charge < -0.3 is 15.5 Å². The van der Waals surface area contributed by atoms with Gasteiger partial charge in [0.15, 0.2) is 0 Å². The van der Waals surface area contributed by atoms with Crippen LogP contribution < -0.4 is 10.6 Å². The van der Waals surface area contributed by atoms with E-state index in [0.29, 0.717) is 43.0 Å². The summed E-state index contributed by atoms with van der Waals surface area (Å²) in [5.41, 5.74) is 4.19. The molecule has 0 aromatic heterocycles. The maximum Gasteiger partial charge on any atom is 0.253 e. The zero-order valence-corrected chi connectivity index (χ0v) is 19.1. The summed E-state index contributed by atoms with van der Waals surface area (Å²) in [6, 6.07) is 19.0. The van der Waals surface area contributed by atoms with E-state index in [4.69, 9.17) is 0 Å². The molecule has 1 heterocycles. The second kappa shape index (κ2) is 10.7. The average molecular weight is 459 g/mol. The SMILES string of the molecule is Cc1cc(C(=O)N2CCCN/C=N/c3ccccc3C(=O)NCC2)ccc1-c1cccc(F)c1.